The van der Waals surface area contributed by atoms with Gasteiger partial charge >= 0.3 is 0 Å². The van der Waals surface area contributed by atoms with Crippen LogP contribution in [0.15, 0.2) is 18.2 Å². The molecule has 1 aromatic rings. The highest BCUT2D eigenvalue weighted by molar-refractivity contribution is 5.94. The smallest absolute Gasteiger partial charge is 0.251 e. The Balaban J connectivity index is 1.85. The SMILES string of the molecule is Cc1cc(C(=O)NC2CCC(C(=O)N(C)CCO)CC2)ccc1F. The second-order valence-corrected chi connectivity index (χ2v) is 6.47. The summed E-state index contributed by atoms with van der Waals surface area (Å²) in [6.07, 6.45) is 2.94. The van der Waals surface area contributed by atoms with Crippen LogP contribution < -0.4 is 5.32 Å². The number of aliphatic hydroxyl groups excluding tert-OH is 1. The van der Waals surface area contributed by atoms with Gasteiger partial charge in [-0.1, -0.05) is 0 Å². The van der Waals surface area contributed by atoms with Crippen LogP contribution >= 0.6 is 0 Å². The second-order valence-electron chi connectivity index (χ2n) is 6.47. The summed E-state index contributed by atoms with van der Waals surface area (Å²) < 4.78 is 13.3. The quantitative estimate of drug-likeness (QED) is 0.862. The van der Waals surface area contributed by atoms with Crippen molar-refractivity contribution in [1.82, 2.24) is 10.2 Å². The molecule has 1 saturated carbocycles. The molecule has 2 rings (SSSR count). The molecule has 132 valence electrons. The summed E-state index contributed by atoms with van der Waals surface area (Å²) in [5.41, 5.74) is 0.902. The summed E-state index contributed by atoms with van der Waals surface area (Å²) in [7, 11) is 1.70. The van der Waals surface area contributed by atoms with Gasteiger partial charge in [0.15, 0.2) is 0 Å². The monoisotopic (exact) mass is 336 g/mol. The molecule has 0 bridgehead atoms. The Kier molecular flexibility index (Phi) is 6.31. The number of aryl methyl sites for hydroxylation is 1. The molecule has 1 aliphatic carbocycles. The van der Waals surface area contributed by atoms with E-state index in [1.54, 1.807) is 24.9 Å². The maximum Gasteiger partial charge on any atom is 0.251 e. The van der Waals surface area contributed by atoms with Gasteiger partial charge < -0.3 is 15.3 Å². The third-order valence-corrected chi connectivity index (χ3v) is 4.64. The topological polar surface area (TPSA) is 69.6 Å². The van der Waals surface area contributed by atoms with Gasteiger partial charge in [-0.25, -0.2) is 4.39 Å². The number of amides is 2. The number of nitrogens with zero attached hydrogens (tertiary/aromatic N) is 1. The number of likely N-dealkylation sites (N-methyl/N-ethyl adjacent to an activating group) is 1. The van der Waals surface area contributed by atoms with Gasteiger partial charge in [0, 0.05) is 31.1 Å². The minimum Gasteiger partial charge on any atom is -0.395 e. The summed E-state index contributed by atoms with van der Waals surface area (Å²) in [5, 5.41) is 11.9. The number of carbonyl (C=O) groups excluding carboxylic acids is 2. The van der Waals surface area contributed by atoms with Crippen molar-refractivity contribution in [2.24, 2.45) is 5.92 Å². The fourth-order valence-corrected chi connectivity index (χ4v) is 3.11. The molecule has 0 spiro atoms. The standard InChI is InChI=1S/C18H25FN2O3/c1-12-11-14(5-8-16(12)19)17(23)20-15-6-3-13(4-7-15)18(24)21(2)9-10-22/h5,8,11,13,15,22H,3-4,6-7,9-10H2,1-2H3,(H,20,23). The third-order valence-electron chi connectivity index (χ3n) is 4.64. The predicted molar refractivity (Wildman–Crippen MR) is 89.1 cm³/mol. The summed E-state index contributed by atoms with van der Waals surface area (Å²) in [5.74, 6) is -0.506. The van der Waals surface area contributed by atoms with E-state index in [0.717, 1.165) is 25.7 Å². The number of hydrogen-bond donors (Lipinski definition) is 2. The molecule has 0 atom stereocenters. The minimum atomic E-state index is -0.322. The summed E-state index contributed by atoms with van der Waals surface area (Å²) in [4.78, 5) is 26.0. The van der Waals surface area contributed by atoms with E-state index in [1.165, 1.54) is 12.1 Å². The van der Waals surface area contributed by atoms with Crippen LogP contribution in [0, 0.1) is 18.7 Å². The molecular weight excluding hydrogens is 311 g/mol. The molecule has 2 N–H and O–H groups in total. The number of aliphatic hydroxyl groups is 1. The van der Waals surface area contributed by atoms with E-state index in [0.29, 0.717) is 17.7 Å². The zero-order valence-electron chi connectivity index (χ0n) is 14.2. The zero-order chi connectivity index (χ0) is 17.7. The molecule has 1 aromatic carbocycles. The number of rotatable bonds is 5. The van der Waals surface area contributed by atoms with Crippen molar-refractivity contribution in [3.8, 4) is 0 Å². The van der Waals surface area contributed by atoms with Gasteiger partial charge in [-0.2, -0.15) is 0 Å². The van der Waals surface area contributed by atoms with Crippen molar-refractivity contribution in [2.75, 3.05) is 20.2 Å². The van der Waals surface area contributed by atoms with Gasteiger partial charge in [-0.15, -0.1) is 0 Å². The van der Waals surface area contributed by atoms with Crippen LogP contribution in [-0.4, -0.2) is 48.1 Å². The first-order chi connectivity index (χ1) is 11.4. The number of carbonyl (C=O) groups is 2. The lowest BCUT2D eigenvalue weighted by Gasteiger charge is -2.30. The molecular formula is C18H25FN2O3. The first-order valence-electron chi connectivity index (χ1n) is 8.35. The Morgan fingerprint density at radius 1 is 1.29 bits per heavy atom. The van der Waals surface area contributed by atoms with Crippen molar-refractivity contribution in [2.45, 2.75) is 38.6 Å². The molecule has 0 aromatic heterocycles. The van der Waals surface area contributed by atoms with E-state index in [2.05, 4.69) is 5.32 Å². The van der Waals surface area contributed by atoms with E-state index in [9.17, 15) is 14.0 Å². The Labute approximate surface area is 141 Å². The lowest BCUT2D eigenvalue weighted by Crippen LogP contribution is -2.41. The van der Waals surface area contributed by atoms with Gasteiger partial charge in [0.2, 0.25) is 5.91 Å². The second kappa shape index (κ2) is 8.24. The Morgan fingerprint density at radius 3 is 2.54 bits per heavy atom. The molecule has 2 amide bonds. The van der Waals surface area contributed by atoms with Crippen molar-refractivity contribution in [1.29, 1.82) is 0 Å². The summed E-state index contributed by atoms with van der Waals surface area (Å²) in [6, 6.07) is 4.37. The van der Waals surface area contributed by atoms with Crippen LogP contribution in [0.25, 0.3) is 0 Å². The Hall–Kier alpha value is -1.95. The van der Waals surface area contributed by atoms with E-state index in [1.807, 2.05) is 0 Å². The fraction of sp³-hybridized carbons (Fsp3) is 0.556. The van der Waals surface area contributed by atoms with Crippen LogP contribution in [0.3, 0.4) is 0 Å². The first-order valence-corrected chi connectivity index (χ1v) is 8.35. The normalized spacial score (nSPS) is 20.5. The molecule has 1 aliphatic rings. The van der Waals surface area contributed by atoms with Crippen LogP contribution in [0.2, 0.25) is 0 Å². The van der Waals surface area contributed by atoms with Crippen LogP contribution in [0.1, 0.15) is 41.6 Å². The summed E-state index contributed by atoms with van der Waals surface area (Å²) >= 11 is 0. The maximum absolute atomic E-state index is 13.3. The molecule has 6 heteroatoms. The molecule has 1 fully saturated rings. The average Bonchev–Trinajstić information content (AvgIpc) is 2.57. The van der Waals surface area contributed by atoms with Crippen molar-refractivity contribution in [3.63, 3.8) is 0 Å². The number of nitrogens with one attached hydrogen (secondary N) is 1. The molecule has 0 saturated heterocycles. The van der Waals surface area contributed by atoms with E-state index < -0.39 is 0 Å². The number of halogens is 1. The maximum atomic E-state index is 13.3. The minimum absolute atomic E-state index is 0.0370. The highest BCUT2D eigenvalue weighted by atomic mass is 19.1. The van der Waals surface area contributed by atoms with Crippen molar-refractivity contribution < 1.29 is 19.1 Å². The largest absolute Gasteiger partial charge is 0.395 e. The summed E-state index contributed by atoms with van der Waals surface area (Å²) in [6.45, 7) is 1.94. The fourth-order valence-electron chi connectivity index (χ4n) is 3.11. The molecule has 0 heterocycles. The van der Waals surface area contributed by atoms with Crippen molar-refractivity contribution in [3.05, 3.63) is 35.1 Å². The molecule has 0 unspecified atom stereocenters. The highest BCUT2D eigenvalue weighted by Crippen LogP contribution is 2.26. The van der Waals surface area contributed by atoms with Gasteiger partial charge in [-0.05, 0) is 56.4 Å². The number of hydrogen-bond acceptors (Lipinski definition) is 3. The van der Waals surface area contributed by atoms with Gasteiger partial charge in [0.1, 0.15) is 5.82 Å². The van der Waals surface area contributed by atoms with Crippen molar-refractivity contribution >= 4 is 11.8 Å². The molecule has 0 radical (unpaired) electrons. The lowest BCUT2D eigenvalue weighted by atomic mass is 9.85. The highest BCUT2D eigenvalue weighted by Gasteiger charge is 2.28. The van der Waals surface area contributed by atoms with Gasteiger partial charge in [0.25, 0.3) is 5.91 Å². The Bertz CT molecular complexity index is 598. The van der Waals surface area contributed by atoms with Crippen LogP contribution in [0.4, 0.5) is 4.39 Å². The third kappa shape index (κ3) is 4.54. The van der Waals surface area contributed by atoms with Crippen LogP contribution in [0.5, 0.6) is 0 Å². The Morgan fingerprint density at radius 2 is 1.96 bits per heavy atom. The van der Waals surface area contributed by atoms with E-state index >= 15 is 0 Å². The molecule has 0 aliphatic heterocycles. The van der Waals surface area contributed by atoms with E-state index in [-0.39, 0.29) is 36.2 Å². The predicted octanol–water partition coefficient (Wildman–Crippen LogP) is 1.87. The molecule has 24 heavy (non-hydrogen) atoms. The first kappa shape index (κ1) is 18.4. The van der Waals surface area contributed by atoms with Crippen LogP contribution in [-0.2, 0) is 4.79 Å². The zero-order valence-corrected chi connectivity index (χ0v) is 14.2. The van der Waals surface area contributed by atoms with E-state index in [4.69, 9.17) is 5.11 Å². The average molecular weight is 336 g/mol. The molecule has 5 nitrogen and oxygen atoms in total. The lowest BCUT2D eigenvalue weighted by molar-refractivity contribution is -0.135. The van der Waals surface area contributed by atoms with Gasteiger partial charge in [-0.3, -0.25) is 9.59 Å². The number of benzene rings is 1. The van der Waals surface area contributed by atoms with Gasteiger partial charge in [0.05, 0.1) is 6.61 Å².